The average Bonchev–Trinajstić information content (AvgIpc) is 3.53. The van der Waals surface area contributed by atoms with E-state index in [0.717, 1.165) is 46.4 Å². The molecule has 0 fully saturated rings. The van der Waals surface area contributed by atoms with Crippen LogP contribution in [0.25, 0.3) is 33.6 Å². The number of amides is 1. The van der Waals surface area contributed by atoms with Gasteiger partial charge >= 0.3 is 5.97 Å². The van der Waals surface area contributed by atoms with Gasteiger partial charge in [0.15, 0.2) is 0 Å². The average molecular weight is 543 g/mol. The first-order valence-electron chi connectivity index (χ1n) is 13.4. The third-order valence-corrected chi connectivity index (χ3v) is 6.60. The topological polar surface area (TPSA) is 142 Å². The molecule has 4 N–H and O–H groups in total. The molecule has 1 atom stereocenters. The molecule has 4 aromatic rings. The van der Waals surface area contributed by atoms with Gasteiger partial charge in [0.25, 0.3) is 0 Å². The van der Waals surface area contributed by atoms with Crippen molar-refractivity contribution in [2.75, 3.05) is 20.2 Å². The monoisotopic (exact) mass is 542 g/mol. The van der Waals surface area contributed by atoms with E-state index in [4.69, 9.17) is 9.84 Å². The van der Waals surface area contributed by atoms with Gasteiger partial charge in [0.05, 0.1) is 6.61 Å². The van der Waals surface area contributed by atoms with E-state index in [1.54, 1.807) is 7.05 Å². The second-order valence-corrected chi connectivity index (χ2v) is 9.39. The van der Waals surface area contributed by atoms with Gasteiger partial charge in [-0.25, -0.2) is 0 Å². The molecule has 10 heteroatoms. The summed E-state index contributed by atoms with van der Waals surface area (Å²) in [5.41, 5.74) is 5.34. The lowest BCUT2D eigenvalue weighted by Gasteiger charge is -2.11. The Balaban J connectivity index is 1.16. The van der Waals surface area contributed by atoms with Gasteiger partial charge in [0.1, 0.15) is 11.8 Å². The lowest BCUT2D eigenvalue weighted by molar-refractivity contribution is -0.139. The molecule has 208 valence electrons. The minimum atomic E-state index is -0.850. The van der Waals surface area contributed by atoms with E-state index in [1.807, 2.05) is 48.5 Å². The summed E-state index contributed by atoms with van der Waals surface area (Å²) >= 11 is 0. The number of hydrogen-bond donors (Lipinski definition) is 4. The van der Waals surface area contributed by atoms with Crippen LogP contribution in [0.15, 0.2) is 72.8 Å². The summed E-state index contributed by atoms with van der Waals surface area (Å²) in [6, 6.07) is 23.8. The minimum absolute atomic E-state index is 0.0197. The second kappa shape index (κ2) is 14.5. The highest BCUT2D eigenvalue weighted by Crippen LogP contribution is 2.27. The number of rotatable bonds is 15. The van der Waals surface area contributed by atoms with E-state index in [2.05, 4.69) is 55.5 Å². The first kappa shape index (κ1) is 28.4. The Kier molecular flexibility index (Phi) is 10.3. The molecule has 0 unspecified atom stereocenters. The Hall–Kier alpha value is -4.57. The summed E-state index contributed by atoms with van der Waals surface area (Å²) in [5, 5.41) is 28.7. The normalized spacial score (nSPS) is 11.6. The Labute approximate surface area is 233 Å². The fourth-order valence-corrected chi connectivity index (χ4v) is 4.30. The highest BCUT2D eigenvalue weighted by atomic mass is 16.5. The molecule has 0 spiro atoms. The fourth-order valence-electron chi connectivity index (χ4n) is 4.30. The van der Waals surface area contributed by atoms with E-state index in [0.29, 0.717) is 38.2 Å². The lowest BCUT2D eigenvalue weighted by Crippen LogP contribution is -2.33. The molecule has 0 aliphatic rings. The number of hydrogen-bond acceptors (Lipinski definition) is 7. The Morgan fingerprint density at radius 2 is 1.43 bits per heavy atom. The van der Waals surface area contributed by atoms with Crippen LogP contribution in [0.1, 0.15) is 32.1 Å². The quantitative estimate of drug-likeness (QED) is 0.163. The molecule has 40 heavy (non-hydrogen) atoms. The zero-order valence-corrected chi connectivity index (χ0v) is 22.5. The van der Waals surface area contributed by atoms with Crippen molar-refractivity contribution < 1.29 is 19.4 Å². The van der Waals surface area contributed by atoms with Gasteiger partial charge in [-0.1, -0.05) is 60.7 Å². The number of likely N-dealkylation sites (N-methyl/N-ethyl adjacent to an activating group) is 1. The molecule has 0 aliphatic carbocycles. The van der Waals surface area contributed by atoms with Crippen LogP contribution in [-0.4, -0.2) is 63.8 Å². The number of carbonyl (C=O) groups is 2. The van der Waals surface area contributed by atoms with Gasteiger partial charge in [-0.2, -0.15) is 5.21 Å². The predicted molar refractivity (Wildman–Crippen MR) is 153 cm³/mol. The number of carboxylic acid groups (broad SMARTS) is 1. The maximum Gasteiger partial charge on any atom is 0.320 e. The summed E-state index contributed by atoms with van der Waals surface area (Å²) in [4.78, 5) is 23.0. The third-order valence-electron chi connectivity index (χ3n) is 6.60. The van der Waals surface area contributed by atoms with Crippen molar-refractivity contribution in [3.63, 3.8) is 0 Å². The Morgan fingerprint density at radius 3 is 1.95 bits per heavy atom. The zero-order valence-electron chi connectivity index (χ0n) is 22.5. The van der Waals surface area contributed by atoms with Crippen LogP contribution in [-0.2, 0) is 9.59 Å². The number of benzene rings is 3. The molecule has 0 saturated heterocycles. The van der Waals surface area contributed by atoms with E-state index in [9.17, 15) is 9.59 Å². The number of unbranched alkanes of at least 4 members (excludes halogenated alkanes) is 1. The number of aromatic amines is 1. The fraction of sp³-hybridized carbons (Fsp3) is 0.300. The van der Waals surface area contributed by atoms with E-state index in [1.165, 1.54) is 0 Å². The SMILES string of the molecule is CN[C@@H](CCCCNC(=O)CCCOc1ccc(-c2ccc(-c3ccc(-c4nn[nH]n4)cc3)cc2)cc1)C(=O)O. The van der Waals surface area contributed by atoms with E-state index in [-0.39, 0.29) is 5.91 Å². The summed E-state index contributed by atoms with van der Waals surface area (Å²) in [6.07, 6.45) is 3.03. The predicted octanol–water partition coefficient (Wildman–Crippen LogP) is 4.32. The number of nitrogens with one attached hydrogen (secondary N) is 3. The molecule has 4 rings (SSSR count). The van der Waals surface area contributed by atoms with Crippen molar-refractivity contribution in [1.29, 1.82) is 0 Å². The van der Waals surface area contributed by atoms with Crippen molar-refractivity contribution in [3.05, 3.63) is 72.8 Å². The highest BCUT2D eigenvalue weighted by molar-refractivity contribution is 5.76. The number of H-pyrrole nitrogens is 1. The number of ether oxygens (including phenoxy) is 1. The Morgan fingerprint density at radius 1 is 0.850 bits per heavy atom. The first-order chi connectivity index (χ1) is 19.5. The third kappa shape index (κ3) is 8.21. The standard InChI is InChI=1S/C30H34N6O4/c1-31-27(30(38)39)5-2-3-19-32-28(37)6-4-20-40-26-17-15-24(16-18-26)22-9-7-21(8-10-22)23-11-13-25(14-12-23)29-33-35-36-34-29/h7-18,27,31H,2-6,19-20H2,1H3,(H,32,37)(H,38,39)(H,33,34,35,36)/t27-/m0/s1. The molecule has 0 radical (unpaired) electrons. The molecule has 10 nitrogen and oxygen atoms in total. The molecule has 1 heterocycles. The van der Waals surface area contributed by atoms with Crippen molar-refractivity contribution >= 4 is 11.9 Å². The number of nitrogens with zero attached hydrogens (tertiary/aromatic N) is 3. The van der Waals surface area contributed by atoms with Gasteiger partial charge < -0.3 is 20.5 Å². The second-order valence-electron chi connectivity index (χ2n) is 9.39. The summed E-state index contributed by atoms with van der Waals surface area (Å²) in [7, 11) is 1.64. The zero-order chi connectivity index (χ0) is 28.2. The molecular weight excluding hydrogens is 508 g/mol. The summed E-state index contributed by atoms with van der Waals surface area (Å²) in [5.74, 6) is 0.465. The maximum atomic E-state index is 12.0. The number of aromatic nitrogens is 4. The number of aliphatic carboxylic acids is 1. The van der Waals surface area contributed by atoms with Crippen LogP contribution >= 0.6 is 0 Å². The molecule has 0 saturated carbocycles. The largest absolute Gasteiger partial charge is 0.494 e. The molecule has 1 aromatic heterocycles. The first-order valence-corrected chi connectivity index (χ1v) is 13.4. The number of carboxylic acids is 1. The molecule has 1 amide bonds. The van der Waals surface area contributed by atoms with Crippen molar-refractivity contribution in [2.45, 2.75) is 38.1 Å². The Bertz CT molecular complexity index is 1340. The molecular formula is C30H34N6O4. The van der Waals surface area contributed by atoms with Crippen molar-refractivity contribution in [1.82, 2.24) is 31.3 Å². The maximum absolute atomic E-state index is 12.0. The van der Waals surface area contributed by atoms with Crippen LogP contribution < -0.4 is 15.4 Å². The lowest BCUT2D eigenvalue weighted by atomic mass is 9.99. The number of carbonyl (C=O) groups excluding carboxylic acids is 1. The highest BCUT2D eigenvalue weighted by Gasteiger charge is 2.13. The van der Waals surface area contributed by atoms with Crippen LogP contribution in [0.4, 0.5) is 0 Å². The van der Waals surface area contributed by atoms with Gasteiger partial charge in [-0.3, -0.25) is 9.59 Å². The summed E-state index contributed by atoms with van der Waals surface area (Å²) < 4.78 is 5.81. The van der Waals surface area contributed by atoms with Crippen LogP contribution in [0.3, 0.4) is 0 Å². The molecule has 0 bridgehead atoms. The van der Waals surface area contributed by atoms with Crippen molar-refractivity contribution in [2.24, 2.45) is 0 Å². The van der Waals surface area contributed by atoms with Crippen molar-refractivity contribution in [3.8, 4) is 39.4 Å². The smallest absolute Gasteiger partial charge is 0.320 e. The van der Waals surface area contributed by atoms with E-state index < -0.39 is 12.0 Å². The molecule has 0 aliphatic heterocycles. The summed E-state index contributed by atoms with van der Waals surface area (Å²) in [6.45, 7) is 1.00. The van der Waals surface area contributed by atoms with Crippen LogP contribution in [0.2, 0.25) is 0 Å². The van der Waals surface area contributed by atoms with Crippen LogP contribution in [0.5, 0.6) is 5.75 Å². The van der Waals surface area contributed by atoms with Gasteiger partial charge in [0, 0.05) is 18.5 Å². The van der Waals surface area contributed by atoms with Gasteiger partial charge in [0.2, 0.25) is 11.7 Å². The van der Waals surface area contributed by atoms with E-state index >= 15 is 0 Å². The van der Waals surface area contributed by atoms with Gasteiger partial charge in [-0.05, 0) is 72.3 Å². The van der Waals surface area contributed by atoms with Gasteiger partial charge in [-0.15, -0.1) is 10.2 Å². The number of tetrazole rings is 1. The molecule has 3 aromatic carbocycles. The van der Waals surface area contributed by atoms with Crippen LogP contribution in [0, 0.1) is 0 Å². The minimum Gasteiger partial charge on any atom is -0.494 e.